The molecule has 7 heteroatoms. The fraction of sp³-hybridized carbons (Fsp3) is 0.0909. The Kier molecular flexibility index (Phi) is 2.82. The lowest BCUT2D eigenvalue weighted by molar-refractivity contribution is -0.137. The molecule has 0 bridgehead atoms. The van der Waals surface area contributed by atoms with Crippen molar-refractivity contribution >= 4 is 5.95 Å². The molecule has 0 saturated heterocycles. The number of hydrogen-bond acceptors (Lipinski definition) is 3. The fourth-order valence-electron chi connectivity index (χ4n) is 1.45. The van der Waals surface area contributed by atoms with Crippen molar-refractivity contribution in [2.45, 2.75) is 6.18 Å². The minimum atomic E-state index is -4.39. The number of nitrogens with one attached hydrogen (secondary N) is 1. The predicted octanol–water partition coefficient (Wildman–Crippen LogP) is 2.04. The van der Waals surface area contributed by atoms with E-state index in [0.29, 0.717) is 5.56 Å². The van der Waals surface area contributed by atoms with Crippen LogP contribution in [0.1, 0.15) is 5.56 Å². The Labute approximate surface area is 99.3 Å². The van der Waals surface area contributed by atoms with Crippen LogP contribution in [0, 0.1) is 0 Å². The SMILES string of the molecule is Nc1nc(-c2ccc(C(F)(F)F)cc2)cc(=O)[nH]1. The maximum absolute atomic E-state index is 12.4. The van der Waals surface area contributed by atoms with Gasteiger partial charge in [-0.05, 0) is 12.1 Å². The lowest BCUT2D eigenvalue weighted by atomic mass is 10.1. The zero-order valence-electron chi connectivity index (χ0n) is 8.95. The zero-order valence-corrected chi connectivity index (χ0v) is 8.95. The summed E-state index contributed by atoms with van der Waals surface area (Å²) >= 11 is 0. The van der Waals surface area contributed by atoms with Crippen molar-refractivity contribution < 1.29 is 13.2 Å². The number of H-pyrrole nitrogens is 1. The number of rotatable bonds is 1. The average Bonchev–Trinajstić information content (AvgIpc) is 2.27. The van der Waals surface area contributed by atoms with Gasteiger partial charge in [0, 0.05) is 11.6 Å². The summed E-state index contributed by atoms with van der Waals surface area (Å²) in [6.07, 6.45) is -4.39. The molecule has 3 N–H and O–H groups in total. The summed E-state index contributed by atoms with van der Waals surface area (Å²) in [7, 11) is 0. The topological polar surface area (TPSA) is 71.8 Å². The van der Waals surface area contributed by atoms with E-state index in [0.717, 1.165) is 12.1 Å². The van der Waals surface area contributed by atoms with Crippen LogP contribution in [-0.2, 0) is 6.18 Å². The molecule has 0 fully saturated rings. The standard InChI is InChI=1S/C11H8F3N3O/c12-11(13,14)7-3-1-6(2-4-7)8-5-9(18)17-10(15)16-8/h1-5H,(H3,15,16,17,18). The number of nitrogens with two attached hydrogens (primary N) is 1. The van der Waals surface area contributed by atoms with Crippen molar-refractivity contribution in [2.24, 2.45) is 0 Å². The van der Waals surface area contributed by atoms with Crippen molar-refractivity contribution in [3.63, 3.8) is 0 Å². The van der Waals surface area contributed by atoms with Gasteiger partial charge in [-0.15, -0.1) is 0 Å². The Morgan fingerprint density at radius 1 is 1.17 bits per heavy atom. The highest BCUT2D eigenvalue weighted by Gasteiger charge is 2.29. The van der Waals surface area contributed by atoms with Crippen LogP contribution >= 0.6 is 0 Å². The Balaban J connectivity index is 2.43. The van der Waals surface area contributed by atoms with Crippen LogP contribution in [0.2, 0.25) is 0 Å². The third-order valence-electron chi connectivity index (χ3n) is 2.27. The number of anilines is 1. The first-order chi connectivity index (χ1) is 8.36. The number of benzene rings is 1. The average molecular weight is 255 g/mol. The lowest BCUT2D eigenvalue weighted by Crippen LogP contribution is -2.10. The second-order valence-electron chi connectivity index (χ2n) is 3.59. The van der Waals surface area contributed by atoms with E-state index in [1.54, 1.807) is 0 Å². The molecule has 0 atom stereocenters. The summed E-state index contributed by atoms with van der Waals surface area (Å²) < 4.78 is 37.1. The van der Waals surface area contributed by atoms with Crippen LogP contribution in [0.3, 0.4) is 0 Å². The molecule has 1 heterocycles. The van der Waals surface area contributed by atoms with Crippen LogP contribution in [0.15, 0.2) is 35.1 Å². The number of nitrogen functional groups attached to an aromatic ring is 1. The van der Waals surface area contributed by atoms with Gasteiger partial charge in [0.15, 0.2) is 0 Å². The molecule has 0 aliphatic carbocycles. The highest BCUT2D eigenvalue weighted by Crippen LogP contribution is 2.30. The minimum absolute atomic E-state index is 0.0857. The van der Waals surface area contributed by atoms with Crippen LogP contribution in [-0.4, -0.2) is 9.97 Å². The van der Waals surface area contributed by atoms with E-state index >= 15 is 0 Å². The van der Waals surface area contributed by atoms with Gasteiger partial charge in [-0.2, -0.15) is 13.2 Å². The molecule has 4 nitrogen and oxygen atoms in total. The Morgan fingerprint density at radius 3 is 2.28 bits per heavy atom. The summed E-state index contributed by atoms with van der Waals surface area (Å²) in [5.74, 6) is -0.0857. The quantitative estimate of drug-likeness (QED) is 0.819. The smallest absolute Gasteiger partial charge is 0.369 e. The number of alkyl halides is 3. The zero-order chi connectivity index (χ0) is 13.3. The predicted molar refractivity (Wildman–Crippen MR) is 59.7 cm³/mol. The van der Waals surface area contributed by atoms with E-state index in [-0.39, 0.29) is 11.6 Å². The van der Waals surface area contributed by atoms with Crippen molar-refractivity contribution in [1.29, 1.82) is 0 Å². The molecule has 1 aromatic carbocycles. The highest BCUT2D eigenvalue weighted by molar-refractivity contribution is 5.60. The van der Waals surface area contributed by atoms with Crippen LogP contribution in [0.25, 0.3) is 11.3 Å². The van der Waals surface area contributed by atoms with Crippen molar-refractivity contribution in [3.8, 4) is 11.3 Å². The van der Waals surface area contributed by atoms with Gasteiger partial charge in [-0.25, -0.2) is 4.98 Å². The molecule has 18 heavy (non-hydrogen) atoms. The monoisotopic (exact) mass is 255 g/mol. The van der Waals surface area contributed by atoms with Gasteiger partial charge in [0.2, 0.25) is 5.95 Å². The summed E-state index contributed by atoms with van der Waals surface area (Å²) in [4.78, 5) is 17.2. The number of nitrogens with zero attached hydrogens (tertiary/aromatic N) is 1. The number of aromatic amines is 1. The first-order valence-corrected chi connectivity index (χ1v) is 4.91. The maximum Gasteiger partial charge on any atom is 0.416 e. The van der Waals surface area contributed by atoms with Crippen molar-refractivity contribution in [3.05, 3.63) is 46.2 Å². The van der Waals surface area contributed by atoms with E-state index in [2.05, 4.69) is 9.97 Å². The Morgan fingerprint density at radius 2 is 1.78 bits per heavy atom. The molecule has 0 spiro atoms. The maximum atomic E-state index is 12.4. The highest BCUT2D eigenvalue weighted by atomic mass is 19.4. The summed E-state index contributed by atoms with van der Waals surface area (Å²) in [6, 6.07) is 5.50. The molecule has 0 aliphatic heterocycles. The van der Waals surface area contributed by atoms with Crippen molar-refractivity contribution in [2.75, 3.05) is 5.73 Å². The van der Waals surface area contributed by atoms with Crippen LogP contribution < -0.4 is 11.3 Å². The second-order valence-corrected chi connectivity index (χ2v) is 3.59. The largest absolute Gasteiger partial charge is 0.416 e. The first kappa shape index (κ1) is 12.2. The Hall–Kier alpha value is -2.31. The van der Waals surface area contributed by atoms with Gasteiger partial charge in [0.05, 0.1) is 11.3 Å². The number of halogens is 3. The summed E-state index contributed by atoms with van der Waals surface area (Å²) in [5.41, 5.74) is 4.74. The molecule has 0 unspecified atom stereocenters. The molecule has 0 amide bonds. The normalized spacial score (nSPS) is 11.5. The van der Waals surface area contributed by atoms with E-state index in [9.17, 15) is 18.0 Å². The lowest BCUT2D eigenvalue weighted by Gasteiger charge is -2.07. The summed E-state index contributed by atoms with van der Waals surface area (Å²) in [5, 5.41) is 0. The third-order valence-corrected chi connectivity index (χ3v) is 2.27. The number of aromatic nitrogens is 2. The van der Waals surface area contributed by atoms with Crippen molar-refractivity contribution in [1.82, 2.24) is 9.97 Å². The Bertz CT molecular complexity index is 617. The summed E-state index contributed by atoms with van der Waals surface area (Å²) in [6.45, 7) is 0. The minimum Gasteiger partial charge on any atom is -0.369 e. The van der Waals surface area contributed by atoms with E-state index in [1.165, 1.54) is 18.2 Å². The fourth-order valence-corrected chi connectivity index (χ4v) is 1.45. The molecule has 1 aromatic heterocycles. The van der Waals surface area contributed by atoms with E-state index in [1.807, 2.05) is 0 Å². The second kappa shape index (κ2) is 4.17. The molecule has 94 valence electrons. The molecular formula is C11H8F3N3O. The van der Waals surface area contributed by atoms with Gasteiger partial charge in [0.1, 0.15) is 0 Å². The van der Waals surface area contributed by atoms with Gasteiger partial charge >= 0.3 is 6.18 Å². The molecule has 0 saturated carbocycles. The van der Waals surface area contributed by atoms with E-state index < -0.39 is 17.3 Å². The van der Waals surface area contributed by atoms with Gasteiger partial charge < -0.3 is 5.73 Å². The molecule has 2 aromatic rings. The van der Waals surface area contributed by atoms with Gasteiger partial charge in [-0.3, -0.25) is 9.78 Å². The number of hydrogen-bond donors (Lipinski definition) is 2. The molecule has 0 radical (unpaired) electrons. The first-order valence-electron chi connectivity index (χ1n) is 4.91. The van der Waals surface area contributed by atoms with Crippen LogP contribution in [0.5, 0.6) is 0 Å². The van der Waals surface area contributed by atoms with Crippen LogP contribution in [0.4, 0.5) is 19.1 Å². The molecule has 0 aliphatic rings. The van der Waals surface area contributed by atoms with E-state index in [4.69, 9.17) is 5.73 Å². The molecular weight excluding hydrogens is 247 g/mol. The molecule has 2 rings (SSSR count). The van der Waals surface area contributed by atoms with Gasteiger partial charge in [0.25, 0.3) is 5.56 Å². The third kappa shape index (κ3) is 2.50. The van der Waals surface area contributed by atoms with Gasteiger partial charge in [-0.1, -0.05) is 12.1 Å².